The van der Waals surface area contributed by atoms with E-state index in [0.29, 0.717) is 28.7 Å². The molecule has 0 aliphatic rings. The number of nitrogens with one attached hydrogen (secondary N) is 2. The zero-order valence-corrected chi connectivity index (χ0v) is 16.9. The van der Waals surface area contributed by atoms with Crippen LogP contribution in [0.25, 0.3) is 0 Å². The van der Waals surface area contributed by atoms with Crippen LogP contribution in [0.1, 0.15) is 28.4 Å². The summed E-state index contributed by atoms with van der Waals surface area (Å²) in [5.74, 6) is 1.24. The molecule has 3 rings (SSSR count). The number of hydrogen-bond donors (Lipinski definition) is 2. The standard InChI is InChI=1S/C22H24N4O3/c1-5-15-8-6-7-14(2)20(15)26-22-23-12-16(13-24-22)21(27)25-18-11-17(28-3)9-10-19(18)29-4/h6-13H,5H2,1-4H3,(H,25,27)(H,23,24,26). The third kappa shape index (κ3) is 4.63. The maximum absolute atomic E-state index is 12.6. The number of methoxy groups -OCH3 is 2. The molecule has 0 unspecified atom stereocenters. The van der Waals surface area contributed by atoms with E-state index >= 15 is 0 Å². The molecule has 3 aromatic rings. The average Bonchev–Trinajstić information content (AvgIpc) is 2.75. The highest BCUT2D eigenvalue weighted by Gasteiger charge is 2.13. The molecule has 1 heterocycles. The van der Waals surface area contributed by atoms with E-state index in [1.165, 1.54) is 25.1 Å². The van der Waals surface area contributed by atoms with Crippen LogP contribution in [-0.4, -0.2) is 30.1 Å². The fourth-order valence-corrected chi connectivity index (χ4v) is 2.93. The van der Waals surface area contributed by atoms with Gasteiger partial charge in [-0.2, -0.15) is 0 Å². The SMILES string of the molecule is CCc1cccc(C)c1Nc1ncc(C(=O)Nc2cc(OC)ccc2OC)cn1. The van der Waals surface area contributed by atoms with E-state index in [1.54, 1.807) is 25.3 Å². The molecule has 1 aromatic heterocycles. The van der Waals surface area contributed by atoms with E-state index in [2.05, 4.69) is 33.6 Å². The van der Waals surface area contributed by atoms with Crippen LogP contribution in [0.2, 0.25) is 0 Å². The van der Waals surface area contributed by atoms with Crippen molar-refractivity contribution in [2.75, 3.05) is 24.9 Å². The zero-order valence-electron chi connectivity index (χ0n) is 16.9. The molecule has 0 fully saturated rings. The fraction of sp³-hybridized carbons (Fsp3) is 0.227. The number of benzene rings is 2. The Hall–Kier alpha value is -3.61. The minimum Gasteiger partial charge on any atom is -0.497 e. The summed E-state index contributed by atoms with van der Waals surface area (Å²) in [6.45, 7) is 4.13. The van der Waals surface area contributed by atoms with E-state index in [4.69, 9.17) is 9.47 Å². The first-order valence-corrected chi connectivity index (χ1v) is 9.26. The van der Waals surface area contributed by atoms with Crippen molar-refractivity contribution in [3.05, 3.63) is 65.5 Å². The summed E-state index contributed by atoms with van der Waals surface area (Å²) in [6, 6.07) is 11.3. The van der Waals surface area contributed by atoms with Crippen molar-refractivity contribution in [1.29, 1.82) is 0 Å². The summed E-state index contributed by atoms with van der Waals surface area (Å²) >= 11 is 0. The van der Waals surface area contributed by atoms with Gasteiger partial charge in [0.25, 0.3) is 5.91 Å². The highest BCUT2D eigenvalue weighted by atomic mass is 16.5. The smallest absolute Gasteiger partial charge is 0.258 e. The molecular formula is C22H24N4O3. The van der Waals surface area contributed by atoms with Crippen LogP contribution in [0.4, 0.5) is 17.3 Å². The van der Waals surface area contributed by atoms with E-state index < -0.39 is 0 Å². The van der Waals surface area contributed by atoms with E-state index in [9.17, 15) is 4.79 Å². The molecule has 7 heteroatoms. The van der Waals surface area contributed by atoms with Crippen LogP contribution in [0.15, 0.2) is 48.8 Å². The highest BCUT2D eigenvalue weighted by Crippen LogP contribution is 2.29. The second-order valence-corrected chi connectivity index (χ2v) is 6.40. The van der Waals surface area contributed by atoms with E-state index in [-0.39, 0.29) is 5.91 Å². The summed E-state index contributed by atoms with van der Waals surface area (Å²) in [4.78, 5) is 21.2. The van der Waals surface area contributed by atoms with Gasteiger partial charge in [-0.25, -0.2) is 9.97 Å². The van der Waals surface area contributed by atoms with Gasteiger partial charge in [0.1, 0.15) is 11.5 Å². The van der Waals surface area contributed by atoms with E-state index in [1.807, 2.05) is 19.1 Å². The molecule has 7 nitrogen and oxygen atoms in total. The summed E-state index contributed by atoms with van der Waals surface area (Å²) in [6.07, 6.45) is 3.87. The minimum absolute atomic E-state index is 0.334. The number of nitrogens with zero attached hydrogens (tertiary/aromatic N) is 2. The van der Waals surface area contributed by atoms with Crippen LogP contribution < -0.4 is 20.1 Å². The van der Waals surface area contributed by atoms with Gasteiger partial charge in [-0.1, -0.05) is 25.1 Å². The summed E-state index contributed by atoms with van der Waals surface area (Å²) in [7, 11) is 3.10. The largest absolute Gasteiger partial charge is 0.497 e. The lowest BCUT2D eigenvalue weighted by atomic mass is 10.1. The van der Waals surface area contributed by atoms with Crippen molar-refractivity contribution < 1.29 is 14.3 Å². The molecular weight excluding hydrogens is 368 g/mol. The number of carbonyl (C=O) groups is 1. The van der Waals surface area contributed by atoms with Gasteiger partial charge in [0.15, 0.2) is 0 Å². The Morgan fingerprint density at radius 1 is 1.07 bits per heavy atom. The molecule has 2 N–H and O–H groups in total. The predicted molar refractivity (Wildman–Crippen MR) is 113 cm³/mol. The first-order chi connectivity index (χ1) is 14.0. The third-order valence-corrected chi connectivity index (χ3v) is 4.55. The van der Waals surface area contributed by atoms with Crippen molar-refractivity contribution in [3.63, 3.8) is 0 Å². The number of para-hydroxylation sites is 1. The molecule has 29 heavy (non-hydrogen) atoms. The Balaban J connectivity index is 1.76. The quantitative estimate of drug-likeness (QED) is 0.621. The Kier molecular flexibility index (Phi) is 6.29. The van der Waals surface area contributed by atoms with Gasteiger partial charge in [0, 0.05) is 24.1 Å². The molecule has 0 aliphatic carbocycles. The molecule has 1 amide bonds. The second kappa shape index (κ2) is 9.05. The first-order valence-electron chi connectivity index (χ1n) is 9.26. The monoisotopic (exact) mass is 392 g/mol. The van der Waals surface area contributed by atoms with Crippen molar-refractivity contribution in [1.82, 2.24) is 9.97 Å². The van der Waals surface area contributed by atoms with Crippen molar-refractivity contribution in [2.45, 2.75) is 20.3 Å². The van der Waals surface area contributed by atoms with Gasteiger partial charge >= 0.3 is 0 Å². The van der Waals surface area contributed by atoms with Crippen LogP contribution in [-0.2, 0) is 6.42 Å². The van der Waals surface area contributed by atoms with Crippen LogP contribution >= 0.6 is 0 Å². The normalized spacial score (nSPS) is 10.3. The van der Waals surface area contributed by atoms with Crippen molar-refractivity contribution >= 4 is 23.2 Å². The molecule has 0 radical (unpaired) electrons. The number of anilines is 3. The molecule has 2 aromatic carbocycles. The second-order valence-electron chi connectivity index (χ2n) is 6.40. The van der Waals surface area contributed by atoms with Gasteiger partial charge in [-0.3, -0.25) is 4.79 Å². The Morgan fingerprint density at radius 3 is 2.48 bits per heavy atom. The lowest BCUT2D eigenvalue weighted by Gasteiger charge is -2.13. The van der Waals surface area contributed by atoms with Crippen molar-refractivity contribution in [2.24, 2.45) is 0 Å². The first kappa shape index (κ1) is 20.1. The summed E-state index contributed by atoms with van der Waals surface area (Å²) in [5.41, 5.74) is 4.13. The Bertz CT molecular complexity index is 1000. The average molecular weight is 392 g/mol. The Morgan fingerprint density at radius 2 is 1.83 bits per heavy atom. The molecule has 0 spiro atoms. The minimum atomic E-state index is -0.340. The zero-order chi connectivity index (χ0) is 20.8. The molecule has 0 aliphatic heterocycles. The number of rotatable bonds is 7. The molecule has 0 saturated carbocycles. The van der Waals surface area contributed by atoms with Crippen LogP contribution in [0.5, 0.6) is 11.5 Å². The number of amides is 1. The number of hydrogen-bond acceptors (Lipinski definition) is 6. The van der Waals surface area contributed by atoms with Crippen LogP contribution in [0, 0.1) is 6.92 Å². The lowest BCUT2D eigenvalue weighted by Crippen LogP contribution is -2.14. The predicted octanol–water partition coefficient (Wildman–Crippen LogP) is 4.36. The maximum atomic E-state index is 12.6. The lowest BCUT2D eigenvalue weighted by molar-refractivity contribution is 0.102. The van der Waals surface area contributed by atoms with Gasteiger partial charge in [-0.05, 0) is 36.6 Å². The maximum Gasteiger partial charge on any atom is 0.258 e. The molecule has 0 atom stereocenters. The van der Waals surface area contributed by atoms with Gasteiger partial charge in [-0.15, -0.1) is 0 Å². The topological polar surface area (TPSA) is 85.4 Å². The number of carbonyl (C=O) groups excluding carboxylic acids is 1. The van der Waals surface area contributed by atoms with Gasteiger partial charge in [0.05, 0.1) is 25.5 Å². The Labute approximate surface area is 170 Å². The number of aromatic nitrogens is 2. The fourth-order valence-electron chi connectivity index (χ4n) is 2.93. The highest BCUT2D eigenvalue weighted by molar-refractivity contribution is 6.04. The molecule has 0 bridgehead atoms. The van der Waals surface area contributed by atoms with Crippen LogP contribution in [0.3, 0.4) is 0 Å². The molecule has 0 saturated heterocycles. The number of ether oxygens (including phenoxy) is 2. The van der Waals surface area contributed by atoms with Gasteiger partial charge < -0.3 is 20.1 Å². The summed E-state index contributed by atoms with van der Waals surface area (Å²) in [5, 5.41) is 6.06. The third-order valence-electron chi connectivity index (χ3n) is 4.55. The van der Waals surface area contributed by atoms with E-state index in [0.717, 1.165) is 17.7 Å². The van der Waals surface area contributed by atoms with Gasteiger partial charge in [0.2, 0.25) is 5.95 Å². The summed E-state index contributed by atoms with van der Waals surface area (Å²) < 4.78 is 10.5. The van der Waals surface area contributed by atoms with Crippen molar-refractivity contribution in [3.8, 4) is 11.5 Å². The molecule has 150 valence electrons. The number of aryl methyl sites for hydroxylation is 2.